The highest BCUT2D eigenvalue weighted by Crippen LogP contribution is 2.31. The molecule has 1 N–H and O–H groups in total. The standard InChI is InChI=1S/C17H23N5O2S/c1-24-11-15-6-14(9-21(15)10-16-18-4-5-25-16)22-8-13(7-19-22)20-17(23)12-2-3-12/h4-5,7-8,12,14-15H,2-3,6,9-11H2,1H3,(H,20,23)/t14-,15-/m0/s1. The fourth-order valence-electron chi connectivity index (χ4n) is 3.41. The molecule has 0 unspecified atom stereocenters. The summed E-state index contributed by atoms with van der Waals surface area (Å²) in [5, 5.41) is 10.6. The molecule has 2 atom stereocenters. The monoisotopic (exact) mass is 361 g/mol. The molecular formula is C17H23N5O2S. The van der Waals surface area contributed by atoms with E-state index in [1.807, 2.05) is 22.5 Å². The second-order valence-corrected chi connectivity index (χ2v) is 7.81. The number of carbonyl (C=O) groups is 1. The zero-order valence-corrected chi connectivity index (χ0v) is 15.1. The molecule has 1 saturated carbocycles. The van der Waals surface area contributed by atoms with Crippen molar-refractivity contribution in [3.05, 3.63) is 29.0 Å². The van der Waals surface area contributed by atoms with Crippen LogP contribution in [0.2, 0.25) is 0 Å². The van der Waals surface area contributed by atoms with Crippen LogP contribution in [0, 0.1) is 5.92 Å². The molecule has 2 aromatic heterocycles. The maximum absolute atomic E-state index is 11.9. The molecule has 1 saturated heterocycles. The molecule has 0 radical (unpaired) electrons. The Bertz CT molecular complexity index is 712. The van der Waals surface area contributed by atoms with Gasteiger partial charge in [0.15, 0.2) is 0 Å². The van der Waals surface area contributed by atoms with Gasteiger partial charge in [0, 0.05) is 43.4 Å². The van der Waals surface area contributed by atoms with Gasteiger partial charge in [0.1, 0.15) is 5.01 Å². The van der Waals surface area contributed by atoms with Crippen LogP contribution in [-0.2, 0) is 16.1 Å². The summed E-state index contributed by atoms with van der Waals surface area (Å²) in [5.41, 5.74) is 0.790. The second kappa shape index (κ2) is 7.23. The molecule has 1 aliphatic heterocycles. The highest BCUT2D eigenvalue weighted by Gasteiger charge is 2.34. The van der Waals surface area contributed by atoms with E-state index in [2.05, 4.69) is 20.3 Å². The zero-order valence-electron chi connectivity index (χ0n) is 14.3. The van der Waals surface area contributed by atoms with Crippen LogP contribution in [0.4, 0.5) is 5.69 Å². The maximum atomic E-state index is 11.9. The van der Waals surface area contributed by atoms with Crippen LogP contribution in [0.1, 0.15) is 30.3 Å². The Morgan fingerprint density at radius 2 is 2.36 bits per heavy atom. The topological polar surface area (TPSA) is 72.3 Å². The fraction of sp³-hybridized carbons (Fsp3) is 0.588. The van der Waals surface area contributed by atoms with Gasteiger partial charge in [-0.25, -0.2) is 4.98 Å². The third-order valence-electron chi connectivity index (χ3n) is 4.88. The van der Waals surface area contributed by atoms with E-state index >= 15 is 0 Å². The normalized spacial score (nSPS) is 23.9. The number of thiazole rings is 1. The van der Waals surface area contributed by atoms with Crippen molar-refractivity contribution < 1.29 is 9.53 Å². The number of methoxy groups -OCH3 is 1. The third kappa shape index (κ3) is 3.91. The fourth-order valence-corrected chi connectivity index (χ4v) is 4.05. The van der Waals surface area contributed by atoms with Gasteiger partial charge >= 0.3 is 0 Å². The number of rotatable bonds is 7. The van der Waals surface area contributed by atoms with Gasteiger partial charge in [-0.05, 0) is 19.3 Å². The van der Waals surface area contributed by atoms with Gasteiger partial charge < -0.3 is 10.1 Å². The number of ether oxygens (including phenoxy) is 1. The molecule has 2 aliphatic rings. The molecule has 8 heteroatoms. The summed E-state index contributed by atoms with van der Waals surface area (Å²) in [4.78, 5) is 18.7. The van der Waals surface area contributed by atoms with E-state index in [-0.39, 0.29) is 17.9 Å². The second-order valence-electron chi connectivity index (χ2n) is 6.83. The van der Waals surface area contributed by atoms with E-state index in [9.17, 15) is 4.79 Å². The predicted molar refractivity (Wildman–Crippen MR) is 95.4 cm³/mol. The van der Waals surface area contributed by atoms with Crippen molar-refractivity contribution in [2.75, 3.05) is 25.6 Å². The molecule has 25 heavy (non-hydrogen) atoms. The lowest BCUT2D eigenvalue weighted by atomic mass is 10.2. The summed E-state index contributed by atoms with van der Waals surface area (Å²) in [6.07, 6.45) is 8.54. The quantitative estimate of drug-likeness (QED) is 0.818. The van der Waals surface area contributed by atoms with Crippen molar-refractivity contribution in [3.63, 3.8) is 0 Å². The van der Waals surface area contributed by atoms with Gasteiger partial charge in [-0.1, -0.05) is 0 Å². The van der Waals surface area contributed by atoms with Crippen LogP contribution in [0.15, 0.2) is 24.0 Å². The molecule has 2 aromatic rings. The number of nitrogens with zero attached hydrogens (tertiary/aromatic N) is 4. The van der Waals surface area contributed by atoms with Gasteiger partial charge in [0.2, 0.25) is 5.91 Å². The highest BCUT2D eigenvalue weighted by atomic mass is 32.1. The van der Waals surface area contributed by atoms with Crippen LogP contribution in [0.25, 0.3) is 0 Å². The van der Waals surface area contributed by atoms with Crippen molar-refractivity contribution >= 4 is 22.9 Å². The Morgan fingerprint density at radius 3 is 3.08 bits per heavy atom. The number of carbonyl (C=O) groups excluding carboxylic acids is 1. The molecule has 3 heterocycles. The number of amides is 1. The minimum atomic E-state index is 0.119. The van der Waals surface area contributed by atoms with Gasteiger partial charge in [0.05, 0.1) is 31.1 Å². The molecule has 0 aromatic carbocycles. The Morgan fingerprint density at radius 1 is 1.48 bits per heavy atom. The molecule has 1 aliphatic carbocycles. The Labute approximate surface area is 151 Å². The van der Waals surface area contributed by atoms with Crippen molar-refractivity contribution in [2.45, 2.75) is 37.9 Å². The predicted octanol–water partition coefficient (Wildman–Crippen LogP) is 2.15. The van der Waals surface area contributed by atoms with Crippen molar-refractivity contribution in [2.24, 2.45) is 5.92 Å². The summed E-state index contributed by atoms with van der Waals surface area (Å²) in [5.74, 6) is 0.323. The number of anilines is 1. The van der Waals surface area contributed by atoms with Crippen molar-refractivity contribution in [1.29, 1.82) is 0 Å². The average Bonchev–Trinajstić information content (AvgIpc) is 2.96. The SMILES string of the molecule is COC[C@@H]1C[C@H](n2cc(NC(=O)C3CC3)cn2)CN1Cc1nccs1. The molecule has 0 spiro atoms. The lowest BCUT2D eigenvalue weighted by Gasteiger charge is -2.22. The van der Waals surface area contributed by atoms with Crippen LogP contribution >= 0.6 is 11.3 Å². The average molecular weight is 361 g/mol. The summed E-state index contributed by atoms with van der Waals surface area (Å²) < 4.78 is 7.38. The molecule has 134 valence electrons. The smallest absolute Gasteiger partial charge is 0.227 e. The first-order valence-corrected chi connectivity index (χ1v) is 9.57. The summed E-state index contributed by atoms with van der Waals surface area (Å²) in [6, 6.07) is 0.638. The zero-order chi connectivity index (χ0) is 17.2. The number of hydrogen-bond acceptors (Lipinski definition) is 6. The molecule has 2 fully saturated rings. The Kier molecular flexibility index (Phi) is 4.82. The largest absolute Gasteiger partial charge is 0.383 e. The van der Waals surface area contributed by atoms with E-state index in [1.54, 1.807) is 24.6 Å². The Hall–Kier alpha value is -1.77. The van der Waals surface area contributed by atoms with Crippen LogP contribution in [0.3, 0.4) is 0 Å². The first-order valence-electron chi connectivity index (χ1n) is 8.69. The number of nitrogens with one attached hydrogen (secondary N) is 1. The first kappa shape index (κ1) is 16.7. The van der Waals surface area contributed by atoms with E-state index < -0.39 is 0 Å². The lowest BCUT2D eigenvalue weighted by Crippen LogP contribution is -2.32. The van der Waals surface area contributed by atoms with Crippen LogP contribution < -0.4 is 5.32 Å². The first-order chi connectivity index (χ1) is 12.2. The summed E-state index contributed by atoms with van der Waals surface area (Å²) >= 11 is 1.68. The van der Waals surface area contributed by atoms with Gasteiger partial charge in [-0.2, -0.15) is 5.10 Å². The Balaban J connectivity index is 1.41. The minimum absolute atomic E-state index is 0.119. The summed E-state index contributed by atoms with van der Waals surface area (Å²) in [6.45, 7) is 2.45. The van der Waals surface area contributed by atoms with Crippen molar-refractivity contribution in [1.82, 2.24) is 19.7 Å². The molecule has 4 rings (SSSR count). The molecule has 0 bridgehead atoms. The number of likely N-dealkylation sites (tertiary alicyclic amines) is 1. The summed E-state index contributed by atoms with van der Waals surface area (Å²) in [7, 11) is 1.74. The van der Waals surface area contributed by atoms with E-state index in [1.165, 1.54) is 0 Å². The number of hydrogen-bond donors (Lipinski definition) is 1. The van der Waals surface area contributed by atoms with Crippen molar-refractivity contribution in [3.8, 4) is 0 Å². The maximum Gasteiger partial charge on any atom is 0.227 e. The highest BCUT2D eigenvalue weighted by molar-refractivity contribution is 7.09. The van der Waals surface area contributed by atoms with Gasteiger partial charge in [-0.15, -0.1) is 11.3 Å². The molecule has 1 amide bonds. The van der Waals surface area contributed by atoms with E-state index in [0.717, 1.165) is 43.0 Å². The minimum Gasteiger partial charge on any atom is -0.383 e. The lowest BCUT2D eigenvalue weighted by molar-refractivity contribution is -0.117. The molecule has 7 nitrogen and oxygen atoms in total. The number of aromatic nitrogens is 3. The van der Waals surface area contributed by atoms with E-state index in [4.69, 9.17) is 4.74 Å². The van der Waals surface area contributed by atoms with Crippen LogP contribution in [-0.4, -0.2) is 51.9 Å². The van der Waals surface area contributed by atoms with E-state index in [0.29, 0.717) is 12.6 Å². The van der Waals surface area contributed by atoms with Gasteiger partial charge in [0.25, 0.3) is 0 Å². The third-order valence-corrected chi connectivity index (χ3v) is 5.64. The molecular weight excluding hydrogens is 338 g/mol. The van der Waals surface area contributed by atoms with Crippen LogP contribution in [0.5, 0.6) is 0 Å². The van der Waals surface area contributed by atoms with Gasteiger partial charge in [-0.3, -0.25) is 14.4 Å².